The number of carbonyl (C=O) groups is 1. The molecule has 10 aromatic rings. The van der Waals surface area contributed by atoms with E-state index < -0.39 is 202 Å². The van der Waals surface area contributed by atoms with Gasteiger partial charge in [-0.1, -0.05) is 109 Å². The number of nitrogens with zero attached hydrogens (tertiary/aromatic N) is 15. The number of nitrogens with one attached hydrogen (secondary N) is 5. The van der Waals surface area contributed by atoms with E-state index in [4.69, 9.17) is 116 Å². The number of aromatic amines is 4. The van der Waals surface area contributed by atoms with E-state index in [-0.39, 0.29) is 103 Å². The Morgan fingerprint density at radius 1 is 0.567 bits per heavy atom. The van der Waals surface area contributed by atoms with Crippen LogP contribution in [0, 0.1) is 12.5 Å². The fraction of sp³-hybridized carbons (Fsp3) is 0.629. The highest BCUT2D eigenvalue weighted by Gasteiger charge is 2.61. The third kappa shape index (κ3) is 18.6. The predicted octanol–water partition coefficient (Wildman–Crippen LogP) is 8.42. The van der Waals surface area contributed by atoms with Gasteiger partial charge in [-0.25, -0.2) is 49.8 Å². The van der Waals surface area contributed by atoms with Crippen molar-refractivity contribution in [2.45, 2.75) is 228 Å². The summed E-state index contributed by atoms with van der Waals surface area (Å²) in [7, 11) is -4.24. The molecule has 0 radical (unpaired) electrons. The van der Waals surface area contributed by atoms with E-state index >= 15 is 8.78 Å². The predicted molar refractivity (Wildman–Crippen MR) is 474 cm³/mol. The van der Waals surface area contributed by atoms with Crippen molar-refractivity contribution >= 4 is 165 Å². The molecule has 0 aliphatic carbocycles. The Labute approximate surface area is 744 Å². The molecule has 16 rings (SSSR count). The van der Waals surface area contributed by atoms with Crippen molar-refractivity contribution in [3.05, 3.63) is 103 Å². The first-order valence-electron chi connectivity index (χ1n) is 40.5. The summed E-state index contributed by atoms with van der Waals surface area (Å²) in [6.45, 7) is 15.6. The maximum Gasteiger partial charge on any atom is 0.386 e. The Bertz CT molecular complexity index is 6200. The van der Waals surface area contributed by atoms with Gasteiger partial charge in [-0.05, 0) is 75.7 Å². The Morgan fingerprint density at radius 3 is 1.40 bits per heavy atom. The number of fused-ring (bicyclic) bond motifs is 14. The molecule has 10 aromatic heterocycles. The number of halogens is 2. The molecular weight excluding hydrogens is 1860 g/mol. The highest BCUT2D eigenvalue weighted by atomic mass is 32.7. The number of carbonyl (C=O) groups excluding carboxylic acids is 1. The van der Waals surface area contributed by atoms with Crippen molar-refractivity contribution < 1.29 is 96.4 Å². The summed E-state index contributed by atoms with van der Waals surface area (Å²) in [5.41, 5.74) is 8.49. The quantitative estimate of drug-likeness (QED) is 0.0119. The summed E-state index contributed by atoms with van der Waals surface area (Å²) in [5, 5.41) is 2.54. The highest BCUT2D eigenvalue weighted by molar-refractivity contribution is 8.44. The van der Waals surface area contributed by atoms with Crippen LogP contribution in [0.2, 0.25) is 33.2 Å². The molecule has 0 aromatic carbocycles. The average molecular weight is 1960 g/mol. The van der Waals surface area contributed by atoms with Crippen LogP contribution in [0.15, 0.2) is 69.3 Å². The van der Waals surface area contributed by atoms with E-state index in [1.165, 1.54) is 47.6 Å². The molecule has 11 N–H and O–H groups in total. The van der Waals surface area contributed by atoms with Gasteiger partial charge in [0.1, 0.15) is 67.6 Å². The van der Waals surface area contributed by atoms with Crippen LogP contribution in [-0.4, -0.2) is 239 Å². The van der Waals surface area contributed by atoms with Gasteiger partial charge in [0.05, 0.1) is 51.7 Å². The number of amides is 1. The maximum atomic E-state index is 17.0. The number of H-pyrrole nitrogens is 4. The second-order valence-corrected chi connectivity index (χ2v) is 55.2. The Hall–Kier alpha value is -6.66. The molecule has 6 aliphatic rings. The molecule has 20 atom stereocenters. The molecule has 6 saturated heterocycles. The fourth-order valence-corrected chi connectivity index (χ4v) is 35.3. The lowest BCUT2D eigenvalue weighted by molar-refractivity contribution is -0.119. The molecule has 1 amide bonds. The molecule has 4 unspecified atom stereocenters. The van der Waals surface area contributed by atoms with E-state index in [0.29, 0.717) is 11.3 Å². The molecule has 127 heavy (non-hydrogen) atoms. The number of alkyl halides is 2. The monoisotopic (exact) mass is 1960 g/mol. The topological polar surface area (TPSA) is 545 Å². The number of aromatic nitrogens is 18. The Kier molecular flexibility index (Phi) is 28.7. The summed E-state index contributed by atoms with van der Waals surface area (Å²) in [6.07, 6.45) is -11.3. The smallest absolute Gasteiger partial charge is 0.386 e. The van der Waals surface area contributed by atoms with Gasteiger partial charge in [-0.3, -0.25) is 98.9 Å². The van der Waals surface area contributed by atoms with E-state index in [2.05, 4.69) is 171 Å². The third-order valence-corrected chi connectivity index (χ3v) is 42.4. The molecule has 45 nitrogen and oxygen atoms in total. The van der Waals surface area contributed by atoms with Crippen LogP contribution in [0.1, 0.15) is 122 Å². The van der Waals surface area contributed by atoms with Gasteiger partial charge in [0.15, 0.2) is 81.9 Å². The fourth-order valence-electron chi connectivity index (χ4n) is 17.8. The first kappa shape index (κ1) is 96.4. The second-order valence-electron chi connectivity index (χ2n) is 32.9. The average Bonchev–Trinajstić information content (AvgIpc) is 1.58. The summed E-state index contributed by atoms with van der Waals surface area (Å²) < 4.78 is 152. The van der Waals surface area contributed by atoms with Crippen molar-refractivity contribution in [2.75, 3.05) is 57.7 Å². The van der Waals surface area contributed by atoms with E-state index in [1.807, 2.05) is 0 Å². The number of anilines is 2. The van der Waals surface area contributed by atoms with Gasteiger partial charge in [0, 0.05) is 30.7 Å². The number of rotatable bonds is 19. The van der Waals surface area contributed by atoms with Crippen molar-refractivity contribution in [1.29, 1.82) is 0 Å². The van der Waals surface area contributed by atoms with E-state index in [1.54, 1.807) is 44.2 Å². The number of ether oxygens (including phenoxy) is 4. The number of hydrogen-bond donors (Lipinski definition) is 10. The first-order valence-corrected chi connectivity index (χ1v) is 55.3. The number of imidazole rings is 6. The summed E-state index contributed by atoms with van der Waals surface area (Å²) in [6, 6.07) is 0. The Morgan fingerprint density at radius 2 is 0.961 bits per heavy atom. The lowest BCUT2D eigenvalue weighted by Crippen LogP contribution is -2.53. The van der Waals surface area contributed by atoms with E-state index in [0.717, 1.165) is 6.33 Å². The Balaban J connectivity index is 0.000000204. The molecule has 6 aliphatic heterocycles. The molecule has 694 valence electrons. The minimum atomic E-state index is -4.53. The number of thiol groups is 1. The third-order valence-electron chi connectivity index (χ3n) is 23.2. The van der Waals surface area contributed by atoms with Gasteiger partial charge in [0.25, 0.3) is 22.2 Å². The van der Waals surface area contributed by atoms with Crippen molar-refractivity contribution in [3.63, 3.8) is 0 Å². The lowest BCUT2D eigenvalue weighted by Gasteiger charge is -2.45. The number of nitrogens with two attached hydrogens (primary N) is 2. The number of hydrogen-bond acceptors (Lipinski definition) is 34. The molecule has 4 bridgehead atoms. The maximum absolute atomic E-state index is 17.0. The molecule has 16 heterocycles. The van der Waals surface area contributed by atoms with E-state index in [9.17, 15) is 38.3 Å². The zero-order chi connectivity index (χ0) is 92.0. The zero-order valence-electron chi connectivity index (χ0n) is 71.2. The normalized spacial score (nSPS) is 30.7. The summed E-state index contributed by atoms with van der Waals surface area (Å²) >= 11 is 21.4. The van der Waals surface area contributed by atoms with Crippen LogP contribution in [0.5, 0.6) is 0 Å². The van der Waals surface area contributed by atoms with Crippen molar-refractivity contribution in [2.24, 2.45) is 11.7 Å². The van der Waals surface area contributed by atoms with Crippen molar-refractivity contribution in [3.8, 4) is 0 Å². The van der Waals surface area contributed by atoms with Crippen LogP contribution < -0.4 is 39.0 Å². The standard InChI is InChI=1S/C38H52FN11O12P2S2Si.C31H43FN10O11P2S2Si.CH5N/c1-18(2)31(51)45-37-44-30-25(32(52)46-37)42-16-49(30)35-28-24(39)22(58-35)14-56-63(54,65)60-27-23(15-57-64(66,61-28)55-13-11-40-9)59-36(29(27)62-67(19(3)4,20(5)6)21(7)8)50-17-43-26-33(53)47-38-41-10-12-48(38)34(26)50;1-13(2)58(14(3)4,15(5)6)53-23-21-17(50-29(23)42-12-36-20-26(44)39-31-34-7-8-40(31)27(20)42)10-48-55(46,57)52-22-18(32)16(9-47-54(45,56)51-21)49-28(22)41-11-35-19-24(41)37-30(33)38-25(19)43;1-2/h10,12,16-24,27-29,35-36H,11,13-15H2,1-8H3,(H,54,65)(H,41,47,53)(H2,44,45,46,51,52);7-8,11-18,21-23,28-29H,9-10H2,1-6H3,(H,45,56)(H,46,57)(H,34,39,44)(H3,33,37,38,43);2H2,1H3/t22-,23-,24-,27-,28-,29-,35-,36-,63?,64?;16-,17-,18-,21-,22-,23-,28-,29-,54?,55?;/m11./s1. The van der Waals surface area contributed by atoms with Gasteiger partial charge < -0.3 is 72.0 Å². The van der Waals surface area contributed by atoms with Gasteiger partial charge >= 0.3 is 27.0 Å². The second kappa shape index (κ2) is 37.8. The SMILES string of the molecule is CC(C)[Si](O[C@@H]1[C@@H]2OP(O)(=S)OC[C@H]3O[C@@H](n4cnc5c(=O)[nH]c(N)nc54)[C@H](OP(=O)(S)OC[C@H]2O[C@H]1n1cnc2c(=O)[nH]c4nccn4c21)[C@@H]3F)(C(C)C)C(C)C.CN.[C-]#[N+]CCOP1(=S)OC[C@H]2O[C@@H](n3cnc4c(=O)[nH]c5nccn5c43)[C@H](O[Si](C(C)C)(C(C)C)C(C)C)[C@@H]2OP(O)(=S)OC[C@H]2O[C@@H](n3cnc4c(=O)[nH]c(NC(=O)C(C)C)nc43)[C@H](O1)[C@@H]2F. The zero-order valence-corrected chi connectivity index (χ0v) is 80.1. The molecule has 0 spiro atoms. The molecule has 6 fully saturated rings. The minimum absolute atomic E-state index is 0.0403. The highest BCUT2D eigenvalue weighted by Crippen LogP contribution is 2.62. The van der Waals surface area contributed by atoms with Crippen LogP contribution >= 0.6 is 39.2 Å². The van der Waals surface area contributed by atoms with Gasteiger partial charge in [-0.2, -0.15) is 9.97 Å². The van der Waals surface area contributed by atoms with Crippen LogP contribution in [0.4, 0.5) is 20.7 Å². The minimum Gasteiger partial charge on any atom is -0.406 e. The van der Waals surface area contributed by atoms with Crippen LogP contribution in [-0.2, 0) is 113 Å². The number of nitrogen functional groups attached to an aromatic ring is 1. The largest absolute Gasteiger partial charge is 0.406 e. The summed E-state index contributed by atoms with van der Waals surface area (Å²) in [5.74, 6) is -0.857. The van der Waals surface area contributed by atoms with Gasteiger partial charge in [-0.15, -0.1) is 0 Å². The van der Waals surface area contributed by atoms with Crippen LogP contribution in [0.3, 0.4) is 0 Å². The molecule has 0 saturated carbocycles. The first-order chi connectivity index (χ1) is 60.0. The van der Waals surface area contributed by atoms with Crippen molar-refractivity contribution in [1.82, 2.24) is 86.9 Å². The van der Waals surface area contributed by atoms with Gasteiger partial charge in [0.2, 0.25) is 52.5 Å². The van der Waals surface area contributed by atoms with Crippen LogP contribution in [0.25, 0.3) is 61.1 Å². The molecule has 57 heteroatoms. The summed E-state index contributed by atoms with van der Waals surface area (Å²) in [4.78, 5) is 136. The lowest BCUT2D eigenvalue weighted by atomic mass is 10.1. The molecular formula is C70H100F2N22O23P4S4Si2.